The Labute approximate surface area is 222 Å². The van der Waals surface area contributed by atoms with Crippen molar-refractivity contribution in [3.05, 3.63) is 47.2 Å². The Hall–Kier alpha value is -2.41. The second-order valence-corrected chi connectivity index (χ2v) is 10.9. The molecule has 0 saturated heterocycles. The third kappa shape index (κ3) is 17.9. The lowest BCUT2D eigenvalue weighted by Crippen LogP contribution is -2.14. The van der Waals surface area contributed by atoms with E-state index in [0.29, 0.717) is 24.3 Å². The lowest BCUT2D eigenvalue weighted by atomic mass is 9.93. The molecule has 0 spiro atoms. The molecule has 0 fully saturated rings. The van der Waals surface area contributed by atoms with Gasteiger partial charge in [-0.1, -0.05) is 64.8 Å². The minimum atomic E-state index is -1.34. The van der Waals surface area contributed by atoms with Gasteiger partial charge in [0.25, 0.3) is 0 Å². The number of pyridine rings is 1. The first-order valence-corrected chi connectivity index (χ1v) is 13.2. The van der Waals surface area contributed by atoms with E-state index in [4.69, 9.17) is 4.74 Å². The molecule has 2 atom stereocenters. The number of nitrogens with zero attached hydrogens (tertiary/aromatic N) is 1. The van der Waals surface area contributed by atoms with Gasteiger partial charge < -0.3 is 4.74 Å². The van der Waals surface area contributed by atoms with Crippen LogP contribution in [-0.4, -0.2) is 22.5 Å². The van der Waals surface area contributed by atoms with Crippen LogP contribution in [0.15, 0.2) is 41.6 Å². The summed E-state index contributed by atoms with van der Waals surface area (Å²) in [6.45, 7) is 21.7. The van der Waals surface area contributed by atoms with Crippen LogP contribution in [0.3, 0.4) is 0 Å². The summed E-state index contributed by atoms with van der Waals surface area (Å²) in [7, 11) is 0. The number of ether oxygens (including phenoxy) is 1. The number of alkyl halides is 1. The first-order chi connectivity index (χ1) is 16.6. The summed E-state index contributed by atoms with van der Waals surface area (Å²) < 4.78 is 19.3. The molecule has 0 amide bonds. The van der Waals surface area contributed by atoms with Gasteiger partial charge in [-0.3, -0.25) is 4.79 Å². The van der Waals surface area contributed by atoms with Gasteiger partial charge in [-0.15, -0.1) is 12.8 Å². The Morgan fingerprint density at radius 2 is 1.67 bits per heavy atom. The van der Waals surface area contributed by atoms with Gasteiger partial charge in [0, 0.05) is 24.6 Å². The highest BCUT2D eigenvalue weighted by atomic mass is 19.1. The first-order valence-electron chi connectivity index (χ1n) is 13.2. The fourth-order valence-electron chi connectivity index (χ4n) is 3.26. The fourth-order valence-corrected chi connectivity index (χ4v) is 3.26. The molecule has 1 aromatic rings. The lowest BCUT2D eigenvalue weighted by molar-refractivity contribution is -0.121. The molecule has 0 aromatic carbocycles. The summed E-state index contributed by atoms with van der Waals surface area (Å²) in [4.78, 5) is 16.7. The van der Waals surface area contributed by atoms with Crippen LogP contribution < -0.4 is 4.74 Å². The Morgan fingerprint density at radius 1 is 1.08 bits per heavy atom. The molecule has 4 heteroatoms. The molecule has 0 aliphatic heterocycles. The molecule has 0 radical (unpaired) electrons. The molecule has 0 aliphatic carbocycles. The zero-order chi connectivity index (χ0) is 28.5. The predicted molar refractivity (Wildman–Crippen MR) is 154 cm³/mol. The molecule has 0 N–H and O–H groups in total. The van der Waals surface area contributed by atoms with E-state index in [1.54, 1.807) is 19.2 Å². The lowest BCUT2D eigenvalue weighted by Gasteiger charge is -2.14. The number of terminal acetylenes is 1. The maximum absolute atomic E-state index is 13.8. The van der Waals surface area contributed by atoms with Crippen LogP contribution >= 0.6 is 0 Å². The molecule has 36 heavy (non-hydrogen) atoms. The van der Waals surface area contributed by atoms with Gasteiger partial charge in [-0.05, 0) is 77.4 Å². The average Bonchev–Trinajstić information content (AvgIpc) is 2.78. The fraction of sp³-hybridized carbons (Fsp3) is 0.625. The van der Waals surface area contributed by atoms with Crippen molar-refractivity contribution in [1.29, 1.82) is 0 Å². The van der Waals surface area contributed by atoms with Crippen molar-refractivity contribution in [1.82, 2.24) is 4.98 Å². The van der Waals surface area contributed by atoms with E-state index in [-0.39, 0.29) is 17.8 Å². The van der Waals surface area contributed by atoms with Crippen molar-refractivity contribution in [3.63, 3.8) is 0 Å². The molecule has 1 heterocycles. The molecule has 0 aliphatic rings. The molecule has 2 unspecified atom stereocenters. The molecule has 204 valence electrons. The molecular weight excluding hydrogens is 449 g/mol. The van der Waals surface area contributed by atoms with Crippen molar-refractivity contribution in [2.24, 2.45) is 17.8 Å². The summed E-state index contributed by atoms with van der Waals surface area (Å²) in [6, 6.07) is 3.79. The van der Waals surface area contributed by atoms with Crippen molar-refractivity contribution in [2.45, 2.75) is 114 Å². The average molecular weight is 502 g/mol. The smallest absolute Gasteiger partial charge is 0.213 e. The molecule has 3 nitrogen and oxygen atoms in total. The maximum atomic E-state index is 13.8. The monoisotopic (exact) mass is 501 g/mol. The maximum Gasteiger partial charge on any atom is 0.213 e. The van der Waals surface area contributed by atoms with Crippen LogP contribution in [0.25, 0.3) is 0 Å². The highest BCUT2D eigenvalue weighted by molar-refractivity contribution is 5.83. The number of aromatic nitrogens is 1. The van der Waals surface area contributed by atoms with Gasteiger partial charge >= 0.3 is 0 Å². The van der Waals surface area contributed by atoms with Crippen LogP contribution in [0, 0.1) is 30.6 Å². The van der Waals surface area contributed by atoms with E-state index in [2.05, 4.69) is 45.5 Å². The largest absolute Gasteiger partial charge is 0.475 e. The number of allylic oxidation sites excluding steroid dienone is 4. The molecule has 0 bridgehead atoms. The number of carbonyl (C=O) groups is 1. The summed E-state index contributed by atoms with van der Waals surface area (Å²) in [5.74, 6) is 2.48. The van der Waals surface area contributed by atoms with Crippen LogP contribution in [0.4, 0.5) is 4.39 Å². The number of hydrogen-bond donors (Lipinski definition) is 0. The highest BCUT2D eigenvalue weighted by Gasteiger charge is 2.17. The van der Waals surface area contributed by atoms with Crippen molar-refractivity contribution in [2.75, 3.05) is 0 Å². The van der Waals surface area contributed by atoms with E-state index in [1.165, 1.54) is 26.7 Å². The van der Waals surface area contributed by atoms with Crippen molar-refractivity contribution >= 4 is 5.78 Å². The standard InChI is InChI=1S/C22H32FNO2.C8H18.C2H2/c1-15(2)26-21-11-10-19(14-24-21)13-17(4)20(25)12-16(3)8-9-18(5)22(6,7)23;1-5-8(4)6-7(2)3;1-2/h8-11,14-15,17H,12-13H2,1-7H3;7-8H,5-6H2,1-4H3;1-2H/b16-8+,18-9+;;. The quantitative estimate of drug-likeness (QED) is 0.212. The highest BCUT2D eigenvalue weighted by Crippen LogP contribution is 2.21. The van der Waals surface area contributed by atoms with E-state index in [0.717, 1.165) is 23.0 Å². The van der Waals surface area contributed by atoms with Gasteiger partial charge in [0.2, 0.25) is 5.88 Å². The number of halogens is 1. The van der Waals surface area contributed by atoms with Gasteiger partial charge in [0.05, 0.1) is 6.10 Å². The first kappa shape index (κ1) is 35.8. The number of carbonyl (C=O) groups excluding carboxylic acids is 1. The minimum absolute atomic E-state index is 0.0873. The van der Waals surface area contributed by atoms with Gasteiger partial charge in [0.1, 0.15) is 11.5 Å². The van der Waals surface area contributed by atoms with Gasteiger partial charge in [-0.25, -0.2) is 9.37 Å². The number of rotatable bonds is 12. The molecule has 1 aromatic heterocycles. The minimum Gasteiger partial charge on any atom is -0.475 e. The Balaban J connectivity index is 0. The third-order valence-corrected chi connectivity index (χ3v) is 5.82. The predicted octanol–water partition coefficient (Wildman–Crippen LogP) is 8.98. The molecular formula is C32H52FNO2. The summed E-state index contributed by atoms with van der Waals surface area (Å²) in [5, 5.41) is 0. The van der Waals surface area contributed by atoms with Gasteiger partial charge in [0.15, 0.2) is 0 Å². The van der Waals surface area contributed by atoms with Crippen molar-refractivity contribution < 1.29 is 13.9 Å². The van der Waals surface area contributed by atoms with E-state index >= 15 is 0 Å². The number of Topliss-reactive ketones (excluding diaryl/α,β-unsaturated/α-hetero) is 1. The van der Waals surface area contributed by atoms with Crippen molar-refractivity contribution in [3.8, 4) is 18.7 Å². The zero-order valence-corrected chi connectivity index (χ0v) is 24.8. The molecule has 1 rings (SSSR count). The van der Waals surface area contributed by atoms with Crippen LogP contribution in [0.2, 0.25) is 0 Å². The second-order valence-electron chi connectivity index (χ2n) is 10.9. The van der Waals surface area contributed by atoms with E-state index < -0.39 is 5.67 Å². The second kappa shape index (κ2) is 18.8. The normalized spacial score (nSPS) is 13.8. The zero-order valence-electron chi connectivity index (χ0n) is 24.8. The topological polar surface area (TPSA) is 39.2 Å². The van der Waals surface area contributed by atoms with Crippen LogP contribution in [0.1, 0.15) is 101 Å². The Morgan fingerprint density at radius 3 is 2.06 bits per heavy atom. The number of hydrogen-bond acceptors (Lipinski definition) is 3. The SMILES string of the molecule is C#C.C/C(=C\C=C(/C)C(C)(C)F)CC(=O)C(C)Cc1ccc(OC(C)C)nc1.CCC(C)CC(C)C. The number of ketones is 1. The van der Waals surface area contributed by atoms with Crippen LogP contribution in [0.5, 0.6) is 5.88 Å². The Kier molecular flexibility index (Phi) is 18.7. The third-order valence-electron chi connectivity index (χ3n) is 5.82. The van der Waals surface area contributed by atoms with E-state index in [9.17, 15) is 9.18 Å². The summed E-state index contributed by atoms with van der Waals surface area (Å²) in [5.41, 5.74) is 1.25. The van der Waals surface area contributed by atoms with Crippen LogP contribution in [-0.2, 0) is 11.2 Å². The summed E-state index contributed by atoms with van der Waals surface area (Å²) in [6.07, 6.45) is 17.2. The van der Waals surface area contributed by atoms with E-state index in [1.807, 2.05) is 45.9 Å². The van der Waals surface area contributed by atoms with Gasteiger partial charge in [-0.2, -0.15) is 0 Å². The summed E-state index contributed by atoms with van der Waals surface area (Å²) >= 11 is 0. The Bertz CT molecular complexity index is 811. The molecule has 0 saturated carbocycles.